The molecule has 2 unspecified atom stereocenters. The molecule has 1 fully saturated rings. The third kappa shape index (κ3) is 5.64. The van der Waals surface area contributed by atoms with Crippen molar-refractivity contribution < 1.29 is 0 Å². The first kappa shape index (κ1) is 41.6. The van der Waals surface area contributed by atoms with Gasteiger partial charge in [-0.3, -0.25) is 0 Å². The molecule has 2 atom stereocenters. The van der Waals surface area contributed by atoms with E-state index in [1.165, 1.54) is 157 Å². The van der Waals surface area contributed by atoms with Gasteiger partial charge in [0.05, 0.1) is 5.54 Å². The summed E-state index contributed by atoms with van der Waals surface area (Å²) in [5, 5.41) is 2.56. The predicted octanol–water partition coefficient (Wildman–Crippen LogP) is 15.2. The number of rotatable bonds is 3. The highest BCUT2D eigenvalue weighted by Crippen LogP contribution is 2.61. The fraction of sp³-hybridized carbons (Fsp3) is 0.375. The highest BCUT2D eigenvalue weighted by Gasteiger charge is 2.58. The largest absolute Gasteiger partial charge is 0.334 e. The molecule has 0 aromatic heterocycles. The molecule has 3 aliphatic carbocycles. The van der Waals surface area contributed by atoms with Gasteiger partial charge < -0.3 is 9.80 Å². The number of para-hydroxylation sites is 1. The van der Waals surface area contributed by atoms with Crippen LogP contribution in [0.5, 0.6) is 0 Å². The molecule has 0 amide bonds. The Morgan fingerprint density at radius 1 is 0.403 bits per heavy atom. The minimum absolute atomic E-state index is 0.00617. The Labute approximate surface area is 400 Å². The maximum atomic E-state index is 2.79. The van der Waals surface area contributed by atoms with E-state index < -0.39 is 0 Å². The highest BCUT2D eigenvalue weighted by molar-refractivity contribution is 7.01. The summed E-state index contributed by atoms with van der Waals surface area (Å²) in [6, 6.07) is 51.1. The molecule has 3 heteroatoms. The van der Waals surface area contributed by atoms with Crippen molar-refractivity contribution in [1.82, 2.24) is 0 Å². The van der Waals surface area contributed by atoms with Crippen LogP contribution in [0.25, 0.3) is 33.0 Å². The monoisotopic (exact) mass is 875 g/mol. The maximum absolute atomic E-state index is 2.79. The normalized spacial score (nSPS) is 24.0. The van der Waals surface area contributed by atoms with Gasteiger partial charge in [-0.1, -0.05) is 153 Å². The van der Waals surface area contributed by atoms with E-state index in [9.17, 15) is 0 Å². The third-order valence-electron chi connectivity index (χ3n) is 19.3. The molecule has 3 heterocycles. The van der Waals surface area contributed by atoms with Crippen LogP contribution in [0.2, 0.25) is 0 Å². The Hall–Kier alpha value is -5.54. The number of benzene rings is 7. The molecule has 0 saturated heterocycles. The number of fused-ring (bicyclic) bond motifs is 11. The fourth-order valence-corrected chi connectivity index (χ4v) is 14.8. The molecule has 0 N–H and O–H groups in total. The molecule has 3 aliphatic heterocycles. The Morgan fingerprint density at radius 2 is 1.04 bits per heavy atom. The molecule has 7 aromatic carbocycles. The molecule has 0 radical (unpaired) electrons. The Morgan fingerprint density at radius 3 is 1.81 bits per heavy atom. The lowest BCUT2D eigenvalue weighted by Crippen LogP contribution is -2.56. The van der Waals surface area contributed by atoms with Gasteiger partial charge >= 0.3 is 0 Å². The van der Waals surface area contributed by atoms with Crippen molar-refractivity contribution in [3.8, 4) is 22.3 Å². The van der Waals surface area contributed by atoms with Crippen LogP contribution in [-0.4, -0.2) is 12.3 Å². The number of hydrogen-bond acceptors (Lipinski definition) is 2. The summed E-state index contributed by atoms with van der Waals surface area (Å²) in [4.78, 5) is 5.51. The molecule has 67 heavy (non-hydrogen) atoms. The van der Waals surface area contributed by atoms with E-state index in [-0.39, 0.29) is 39.3 Å². The summed E-state index contributed by atoms with van der Waals surface area (Å²) >= 11 is 0. The van der Waals surface area contributed by atoms with Crippen LogP contribution >= 0.6 is 0 Å². The van der Waals surface area contributed by atoms with Gasteiger partial charge in [0, 0.05) is 33.9 Å². The average molecular weight is 875 g/mol. The van der Waals surface area contributed by atoms with E-state index >= 15 is 0 Å². The Bertz CT molecular complexity index is 3270. The first-order chi connectivity index (χ1) is 31.9. The van der Waals surface area contributed by atoms with E-state index in [1.54, 1.807) is 0 Å². The molecule has 13 rings (SSSR count). The summed E-state index contributed by atoms with van der Waals surface area (Å²) in [6.07, 6.45) is 9.77. The summed E-state index contributed by atoms with van der Waals surface area (Å²) in [6.45, 7) is 25.1. The summed E-state index contributed by atoms with van der Waals surface area (Å²) in [5.41, 5.74) is 24.5. The minimum Gasteiger partial charge on any atom is -0.334 e. The van der Waals surface area contributed by atoms with Crippen LogP contribution in [0, 0.1) is 0 Å². The van der Waals surface area contributed by atoms with E-state index in [1.807, 2.05) is 0 Å². The zero-order valence-electron chi connectivity index (χ0n) is 41.8. The van der Waals surface area contributed by atoms with Crippen LogP contribution in [0.3, 0.4) is 0 Å². The molecule has 7 aromatic rings. The maximum Gasteiger partial charge on any atom is 0.248 e. The summed E-state index contributed by atoms with van der Waals surface area (Å²) < 4.78 is 0. The van der Waals surface area contributed by atoms with Crippen LogP contribution in [-0.2, 0) is 27.1 Å². The molecular formula is C64H67BN2. The zero-order valence-corrected chi connectivity index (χ0v) is 41.8. The van der Waals surface area contributed by atoms with Crippen molar-refractivity contribution in [3.05, 3.63) is 155 Å². The number of hydrogen-bond donors (Lipinski definition) is 0. The van der Waals surface area contributed by atoms with Crippen molar-refractivity contribution in [2.24, 2.45) is 0 Å². The van der Waals surface area contributed by atoms with Crippen molar-refractivity contribution in [2.45, 2.75) is 153 Å². The molecule has 1 saturated carbocycles. The molecule has 6 aliphatic rings. The molecule has 336 valence electrons. The molecule has 2 nitrogen and oxygen atoms in total. The van der Waals surface area contributed by atoms with E-state index in [0.29, 0.717) is 0 Å². The van der Waals surface area contributed by atoms with Crippen LogP contribution < -0.4 is 26.2 Å². The van der Waals surface area contributed by atoms with Crippen molar-refractivity contribution >= 4 is 62.3 Å². The molecule has 0 spiro atoms. The molecule has 0 bridgehead atoms. The first-order valence-electron chi connectivity index (χ1n) is 25.8. The van der Waals surface area contributed by atoms with Gasteiger partial charge in [-0.25, -0.2) is 0 Å². The topological polar surface area (TPSA) is 6.48 Å². The van der Waals surface area contributed by atoms with Gasteiger partial charge in [0.25, 0.3) is 0 Å². The van der Waals surface area contributed by atoms with E-state index in [4.69, 9.17) is 0 Å². The SMILES string of the molecule is CC1(C)CCC(C)(C)c2cc(N3c4cc5c(cc4B4c6cc(N7c8ccccc8C8(C)CCCCC78C)ccc6-c6cc(-c7ccc8ccccc8c7)cc3c64)C(C)(C)CCC5(C)C)ccc21. The van der Waals surface area contributed by atoms with Crippen molar-refractivity contribution in [3.63, 3.8) is 0 Å². The predicted molar refractivity (Wildman–Crippen MR) is 288 cm³/mol. The Balaban J connectivity index is 1.11. The smallest absolute Gasteiger partial charge is 0.248 e. The number of nitrogens with zero attached hydrogens (tertiary/aromatic N) is 2. The lowest BCUT2D eigenvalue weighted by Gasteiger charge is -2.50. The van der Waals surface area contributed by atoms with Gasteiger partial charge in [0.15, 0.2) is 0 Å². The quantitative estimate of drug-likeness (QED) is 0.163. The lowest BCUT2D eigenvalue weighted by atomic mass is 9.36. The summed E-state index contributed by atoms with van der Waals surface area (Å²) in [7, 11) is 0. The second-order valence-corrected chi connectivity index (χ2v) is 24.9. The van der Waals surface area contributed by atoms with Gasteiger partial charge in [0.2, 0.25) is 6.71 Å². The third-order valence-corrected chi connectivity index (χ3v) is 19.3. The standard InChI is InChI=1S/C64H67BN2/c1-59(2)29-30-60(3,4)50-36-44(24-26-48(50)59)66-56-39-52-51(61(5,6)31-32-62(52,7)8)38-54(56)65-53-37-45(67-55-20-14-13-19-49(55)63(9)27-15-16-28-64(63,67)10)23-25-46(53)47-34-43(35-57(66)58(47)65)42-22-21-40-17-11-12-18-41(40)33-42/h11-14,17-26,33-39H,15-16,27-32H2,1-10H3. The average Bonchev–Trinajstić information content (AvgIpc) is 3.75. The lowest BCUT2D eigenvalue weighted by molar-refractivity contribution is 0.195. The highest BCUT2D eigenvalue weighted by atomic mass is 15.3. The van der Waals surface area contributed by atoms with Crippen LogP contribution in [0.4, 0.5) is 28.4 Å². The molecular weight excluding hydrogens is 808 g/mol. The van der Waals surface area contributed by atoms with Gasteiger partial charge in [-0.15, -0.1) is 0 Å². The van der Waals surface area contributed by atoms with Crippen LogP contribution in [0.1, 0.15) is 148 Å². The van der Waals surface area contributed by atoms with Crippen molar-refractivity contribution in [2.75, 3.05) is 9.80 Å². The first-order valence-corrected chi connectivity index (χ1v) is 25.8. The van der Waals surface area contributed by atoms with Crippen LogP contribution in [0.15, 0.2) is 127 Å². The second-order valence-electron chi connectivity index (χ2n) is 24.9. The minimum atomic E-state index is -0.00617. The number of anilines is 5. The van der Waals surface area contributed by atoms with Gasteiger partial charge in [-0.05, 0) is 193 Å². The second kappa shape index (κ2) is 13.6. The van der Waals surface area contributed by atoms with Gasteiger partial charge in [0.1, 0.15) is 0 Å². The van der Waals surface area contributed by atoms with E-state index in [2.05, 4.69) is 206 Å². The van der Waals surface area contributed by atoms with Gasteiger partial charge in [-0.2, -0.15) is 0 Å². The van der Waals surface area contributed by atoms with Crippen molar-refractivity contribution in [1.29, 1.82) is 0 Å². The Kier molecular flexibility index (Phi) is 8.44. The van der Waals surface area contributed by atoms with E-state index in [0.717, 1.165) is 0 Å². The summed E-state index contributed by atoms with van der Waals surface area (Å²) in [5.74, 6) is 0. The fourth-order valence-electron chi connectivity index (χ4n) is 14.8. The zero-order chi connectivity index (χ0) is 46.2.